The molecule has 30 heavy (non-hydrogen) atoms. The average molecular weight is 412 g/mol. The van der Waals surface area contributed by atoms with E-state index in [9.17, 15) is 24.3 Å². The summed E-state index contributed by atoms with van der Waals surface area (Å²) in [4.78, 5) is 53.3. The zero-order valence-corrected chi connectivity index (χ0v) is 16.5. The van der Waals surface area contributed by atoms with Gasteiger partial charge in [0.05, 0.1) is 17.7 Å². The summed E-state index contributed by atoms with van der Waals surface area (Å²) < 4.78 is 0. The maximum Gasteiger partial charge on any atom is 0.262 e. The number of piperidine rings is 1. The van der Waals surface area contributed by atoms with E-state index in [-0.39, 0.29) is 37.4 Å². The van der Waals surface area contributed by atoms with Crippen LogP contribution in [0.1, 0.15) is 52.0 Å². The second-order valence-electron chi connectivity index (χ2n) is 8.46. The van der Waals surface area contributed by atoms with Gasteiger partial charge in [-0.3, -0.25) is 34.3 Å². The van der Waals surface area contributed by atoms with E-state index in [2.05, 4.69) is 15.5 Å². The van der Waals surface area contributed by atoms with Gasteiger partial charge in [0.2, 0.25) is 11.8 Å². The number of nitrogens with one attached hydrogen (secondary N) is 2. The maximum atomic E-state index is 13.3. The quantitative estimate of drug-likeness (QED) is 0.564. The highest BCUT2D eigenvalue weighted by molar-refractivity contribution is 6.24. The van der Waals surface area contributed by atoms with Gasteiger partial charge in [0.1, 0.15) is 6.04 Å². The summed E-state index contributed by atoms with van der Waals surface area (Å²) in [6.45, 7) is 1.35. The van der Waals surface area contributed by atoms with Gasteiger partial charge in [0.15, 0.2) is 0 Å². The van der Waals surface area contributed by atoms with Gasteiger partial charge in [-0.2, -0.15) is 0 Å². The molecule has 4 amide bonds. The lowest BCUT2D eigenvalue weighted by molar-refractivity contribution is -0.136. The van der Waals surface area contributed by atoms with Crippen LogP contribution in [0.15, 0.2) is 18.2 Å². The summed E-state index contributed by atoms with van der Waals surface area (Å²) in [5.74, 6) is -1.95. The molecule has 4 heterocycles. The maximum absolute atomic E-state index is 13.3. The van der Waals surface area contributed by atoms with Gasteiger partial charge in [-0.25, -0.2) is 0 Å². The van der Waals surface area contributed by atoms with Crippen molar-refractivity contribution in [3.63, 3.8) is 0 Å². The van der Waals surface area contributed by atoms with Crippen LogP contribution in [0.2, 0.25) is 0 Å². The van der Waals surface area contributed by atoms with E-state index in [4.69, 9.17) is 0 Å². The summed E-state index contributed by atoms with van der Waals surface area (Å²) in [5.41, 5.74) is 1.42. The Hall–Kier alpha value is -2.62. The molecule has 4 aliphatic heterocycles. The number of fused-ring (bicyclic) bond motifs is 3. The number of aliphatic hydroxyl groups excluding tert-OH is 1. The zero-order valence-electron chi connectivity index (χ0n) is 16.5. The van der Waals surface area contributed by atoms with Crippen LogP contribution in [0.4, 0.5) is 0 Å². The average Bonchev–Trinajstić information content (AvgIpc) is 3.13. The first-order valence-corrected chi connectivity index (χ1v) is 10.4. The number of hydrogen-bond donors (Lipinski definition) is 3. The Kier molecular flexibility index (Phi) is 4.68. The van der Waals surface area contributed by atoms with E-state index in [0.717, 1.165) is 29.8 Å². The van der Waals surface area contributed by atoms with Crippen molar-refractivity contribution in [2.45, 2.75) is 56.4 Å². The fraction of sp³-hybridized carbons (Fsp3) is 0.524. The van der Waals surface area contributed by atoms with Crippen molar-refractivity contribution in [1.29, 1.82) is 0 Å². The molecule has 4 aliphatic rings. The Bertz CT molecular complexity index is 947. The minimum absolute atomic E-state index is 0.00202. The number of carbonyl (C=O) groups excluding carboxylic acids is 4. The molecule has 0 radical (unpaired) electrons. The lowest BCUT2D eigenvalue weighted by Crippen LogP contribution is -2.58. The number of amides is 4. The number of nitrogens with zero attached hydrogens (tertiary/aromatic N) is 2. The molecule has 3 N–H and O–H groups in total. The second kappa shape index (κ2) is 7.26. The van der Waals surface area contributed by atoms with Gasteiger partial charge in [-0.1, -0.05) is 12.1 Å². The molecule has 0 aliphatic carbocycles. The molecule has 3 saturated heterocycles. The number of carbonyl (C=O) groups is 4. The van der Waals surface area contributed by atoms with Crippen molar-refractivity contribution in [3.8, 4) is 0 Å². The lowest BCUT2D eigenvalue weighted by Gasteiger charge is -2.40. The molecule has 158 valence electrons. The smallest absolute Gasteiger partial charge is 0.262 e. The van der Waals surface area contributed by atoms with E-state index in [1.54, 1.807) is 12.1 Å². The Balaban J connectivity index is 1.44. The SMILES string of the molecule is O=C1CCC(N2C(=O)c3cccc(CN4[C@H]5CC[C@@H]4[C@H](CO)NC5)c3C2=O)C(=O)N1. The first-order chi connectivity index (χ1) is 14.5. The summed E-state index contributed by atoms with van der Waals surface area (Å²) in [5, 5.41) is 15.3. The minimum atomic E-state index is -0.961. The summed E-state index contributed by atoms with van der Waals surface area (Å²) in [7, 11) is 0. The van der Waals surface area contributed by atoms with Crippen LogP contribution in [-0.2, 0) is 16.1 Å². The van der Waals surface area contributed by atoms with E-state index in [1.807, 2.05) is 6.07 Å². The van der Waals surface area contributed by atoms with Gasteiger partial charge < -0.3 is 10.4 Å². The van der Waals surface area contributed by atoms with Crippen molar-refractivity contribution in [2.75, 3.05) is 13.2 Å². The van der Waals surface area contributed by atoms with Crippen molar-refractivity contribution in [3.05, 3.63) is 34.9 Å². The third-order valence-corrected chi connectivity index (χ3v) is 6.87. The van der Waals surface area contributed by atoms with E-state index < -0.39 is 23.8 Å². The van der Waals surface area contributed by atoms with E-state index in [1.165, 1.54) is 0 Å². The number of hydrogen-bond acceptors (Lipinski definition) is 7. The van der Waals surface area contributed by atoms with Crippen LogP contribution in [0.3, 0.4) is 0 Å². The first-order valence-electron chi connectivity index (χ1n) is 10.4. The van der Waals surface area contributed by atoms with Crippen LogP contribution in [0.5, 0.6) is 0 Å². The predicted octanol–water partition coefficient (Wildman–Crippen LogP) is -0.615. The number of rotatable bonds is 4. The third-order valence-electron chi connectivity index (χ3n) is 6.87. The van der Waals surface area contributed by atoms with Gasteiger partial charge in [-0.15, -0.1) is 0 Å². The summed E-state index contributed by atoms with van der Waals surface area (Å²) in [6, 6.07) is 4.78. The van der Waals surface area contributed by atoms with Gasteiger partial charge >= 0.3 is 0 Å². The minimum Gasteiger partial charge on any atom is -0.395 e. The standard InChI is InChI=1S/C21H24N4O5/c26-10-14-15-5-4-12(8-22-14)24(15)9-11-2-1-3-13-18(11)21(30)25(20(13)29)16-6-7-17(27)23-19(16)28/h1-3,12,14-16,22,26H,4-10H2,(H,23,27,28)/t12-,14-,15+,16?/m0/s1. The molecular formula is C21H24N4O5. The number of aliphatic hydroxyl groups is 1. The van der Waals surface area contributed by atoms with E-state index >= 15 is 0 Å². The fourth-order valence-corrected chi connectivity index (χ4v) is 5.39. The van der Waals surface area contributed by atoms with Crippen molar-refractivity contribution in [2.24, 2.45) is 0 Å². The van der Waals surface area contributed by atoms with Crippen LogP contribution >= 0.6 is 0 Å². The molecule has 2 bridgehead atoms. The van der Waals surface area contributed by atoms with Crippen LogP contribution < -0.4 is 10.6 Å². The molecule has 0 spiro atoms. The molecule has 4 atom stereocenters. The molecule has 9 heteroatoms. The van der Waals surface area contributed by atoms with Crippen LogP contribution in [-0.4, -0.2) is 75.9 Å². The number of benzene rings is 1. The molecule has 1 unspecified atom stereocenters. The second-order valence-corrected chi connectivity index (χ2v) is 8.46. The van der Waals surface area contributed by atoms with Gasteiger partial charge in [0, 0.05) is 37.6 Å². The van der Waals surface area contributed by atoms with Crippen molar-refractivity contribution < 1.29 is 24.3 Å². The summed E-state index contributed by atoms with van der Waals surface area (Å²) >= 11 is 0. The zero-order chi connectivity index (χ0) is 21.0. The molecule has 5 rings (SSSR count). The molecule has 1 aromatic rings. The monoisotopic (exact) mass is 412 g/mol. The topological polar surface area (TPSA) is 119 Å². The van der Waals surface area contributed by atoms with Crippen molar-refractivity contribution in [1.82, 2.24) is 20.4 Å². The molecule has 1 aromatic carbocycles. The molecular weight excluding hydrogens is 388 g/mol. The molecule has 9 nitrogen and oxygen atoms in total. The van der Waals surface area contributed by atoms with Crippen molar-refractivity contribution >= 4 is 23.6 Å². The Morgan fingerprint density at radius 1 is 1.07 bits per heavy atom. The van der Waals surface area contributed by atoms with Gasteiger partial charge in [-0.05, 0) is 30.9 Å². The Morgan fingerprint density at radius 2 is 1.90 bits per heavy atom. The summed E-state index contributed by atoms with van der Waals surface area (Å²) in [6.07, 6.45) is 2.25. The Labute approximate surface area is 173 Å². The van der Waals surface area contributed by atoms with Crippen LogP contribution in [0.25, 0.3) is 0 Å². The highest BCUT2D eigenvalue weighted by Gasteiger charge is 2.47. The fourth-order valence-electron chi connectivity index (χ4n) is 5.39. The number of imide groups is 2. The number of piperazine rings is 1. The largest absolute Gasteiger partial charge is 0.395 e. The highest BCUT2D eigenvalue weighted by Crippen LogP contribution is 2.35. The molecule has 0 aromatic heterocycles. The highest BCUT2D eigenvalue weighted by atomic mass is 16.3. The van der Waals surface area contributed by atoms with Crippen LogP contribution in [0, 0.1) is 0 Å². The Morgan fingerprint density at radius 3 is 2.67 bits per heavy atom. The van der Waals surface area contributed by atoms with Gasteiger partial charge in [0.25, 0.3) is 11.8 Å². The normalized spacial score (nSPS) is 31.3. The molecule has 0 saturated carbocycles. The third kappa shape index (κ3) is 2.88. The molecule has 3 fully saturated rings. The van der Waals surface area contributed by atoms with E-state index in [0.29, 0.717) is 23.7 Å². The lowest BCUT2D eigenvalue weighted by atomic mass is 10.00. The predicted molar refractivity (Wildman–Crippen MR) is 104 cm³/mol. The first kappa shape index (κ1) is 19.3.